The summed E-state index contributed by atoms with van der Waals surface area (Å²) in [7, 11) is -3.28. The maximum absolute atomic E-state index is 12.4. The van der Waals surface area contributed by atoms with Crippen molar-refractivity contribution in [2.24, 2.45) is 0 Å². The van der Waals surface area contributed by atoms with Crippen LogP contribution in [-0.4, -0.2) is 59.8 Å². The number of anilines is 2. The van der Waals surface area contributed by atoms with E-state index in [4.69, 9.17) is 26.3 Å². The minimum absolute atomic E-state index is 0.127. The number of halogens is 1. The van der Waals surface area contributed by atoms with Gasteiger partial charge in [0.15, 0.2) is 9.84 Å². The summed E-state index contributed by atoms with van der Waals surface area (Å²) in [5.74, 6) is 1.46. The molecule has 1 atom stereocenters. The first-order chi connectivity index (χ1) is 18.3. The number of hydrogen-bond donors (Lipinski definition) is 1. The fraction of sp³-hybridized carbons (Fsp3) is 0.321. The van der Waals surface area contributed by atoms with Crippen molar-refractivity contribution < 1.29 is 13.2 Å². The van der Waals surface area contributed by atoms with Gasteiger partial charge in [-0.25, -0.2) is 18.4 Å². The number of sulfone groups is 1. The summed E-state index contributed by atoms with van der Waals surface area (Å²) in [6, 6.07) is 16.3. The highest BCUT2D eigenvalue weighted by atomic mass is 35.5. The second kappa shape index (κ2) is 11.3. The van der Waals surface area contributed by atoms with E-state index in [1.807, 2.05) is 31.2 Å². The number of pyridine rings is 1. The van der Waals surface area contributed by atoms with Crippen LogP contribution in [0.15, 0.2) is 65.7 Å². The number of morpholine rings is 1. The molecule has 1 aliphatic rings. The number of rotatable bonds is 8. The molecule has 1 N–H and O–H groups in total. The van der Waals surface area contributed by atoms with E-state index in [0.29, 0.717) is 46.8 Å². The van der Waals surface area contributed by atoms with E-state index in [1.54, 1.807) is 36.5 Å². The number of hydrogen-bond acceptors (Lipinski definition) is 8. The van der Waals surface area contributed by atoms with Gasteiger partial charge in [-0.15, -0.1) is 0 Å². The molecule has 0 aliphatic carbocycles. The molecule has 0 spiro atoms. The van der Waals surface area contributed by atoms with Crippen LogP contribution in [0.3, 0.4) is 0 Å². The molecule has 5 rings (SSSR count). The molecule has 1 fully saturated rings. The zero-order valence-electron chi connectivity index (χ0n) is 21.4. The lowest BCUT2D eigenvalue weighted by Gasteiger charge is -2.30. The van der Waals surface area contributed by atoms with Gasteiger partial charge in [0.1, 0.15) is 11.6 Å². The summed E-state index contributed by atoms with van der Waals surface area (Å²) in [4.78, 5) is 16.8. The van der Waals surface area contributed by atoms with Crippen molar-refractivity contribution in [3.8, 4) is 11.3 Å². The van der Waals surface area contributed by atoms with Crippen molar-refractivity contribution in [1.82, 2.24) is 19.9 Å². The van der Waals surface area contributed by atoms with E-state index in [2.05, 4.69) is 22.1 Å². The lowest BCUT2D eigenvalue weighted by molar-refractivity contribution is -0.0219. The van der Waals surface area contributed by atoms with Gasteiger partial charge in [-0.1, -0.05) is 24.6 Å². The Morgan fingerprint density at radius 1 is 1.13 bits per heavy atom. The van der Waals surface area contributed by atoms with E-state index in [0.717, 1.165) is 35.2 Å². The topological polar surface area (TPSA) is 97.3 Å². The SMILES string of the molecule is CCCS(=O)(=O)c1ccc(Nc2nc(CN3CCOC(C)C3)nc3cc(-c4ncccc4Cl)ccc23)cc1. The van der Waals surface area contributed by atoms with Crippen molar-refractivity contribution in [2.45, 2.75) is 37.8 Å². The molecule has 10 heteroatoms. The predicted molar refractivity (Wildman–Crippen MR) is 151 cm³/mol. The second-order valence-corrected chi connectivity index (χ2v) is 12.0. The number of ether oxygens (including phenoxy) is 1. The Balaban J connectivity index is 1.52. The van der Waals surface area contributed by atoms with Crippen molar-refractivity contribution in [3.63, 3.8) is 0 Å². The maximum atomic E-state index is 12.4. The molecular formula is C28H30ClN5O3S. The Labute approximate surface area is 228 Å². The smallest absolute Gasteiger partial charge is 0.178 e. The van der Waals surface area contributed by atoms with Crippen molar-refractivity contribution >= 4 is 43.8 Å². The van der Waals surface area contributed by atoms with Crippen LogP contribution < -0.4 is 5.32 Å². The van der Waals surface area contributed by atoms with Crippen LogP contribution in [0, 0.1) is 0 Å². The van der Waals surface area contributed by atoms with E-state index in [1.165, 1.54) is 0 Å². The minimum Gasteiger partial charge on any atom is -0.376 e. The van der Waals surface area contributed by atoms with Crippen LogP contribution in [0.5, 0.6) is 0 Å². The van der Waals surface area contributed by atoms with Gasteiger partial charge >= 0.3 is 0 Å². The fourth-order valence-corrected chi connectivity index (χ4v) is 6.15. The number of nitrogens with one attached hydrogen (secondary N) is 1. The highest BCUT2D eigenvalue weighted by molar-refractivity contribution is 7.91. The predicted octanol–water partition coefficient (Wildman–Crippen LogP) is 5.49. The molecule has 0 bridgehead atoms. The maximum Gasteiger partial charge on any atom is 0.178 e. The van der Waals surface area contributed by atoms with E-state index >= 15 is 0 Å². The highest BCUT2D eigenvalue weighted by Crippen LogP contribution is 2.31. The van der Waals surface area contributed by atoms with Crippen LogP contribution in [0.2, 0.25) is 5.02 Å². The molecule has 1 saturated heterocycles. The molecule has 2 aromatic heterocycles. The molecule has 4 aromatic rings. The van der Waals surface area contributed by atoms with Crippen LogP contribution in [0.1, 0.15) is 26.1 Å². The summed E-state index contributed by atoms with van der Waals surface area (Å²) in [5.41, 5.74) is 3.06. The lowest BCUT2D eigenvalue weighted by atomic mass is 10.1. The molecule has 8 nitrogen and oxygen atoms in total. The van der Waals surface area contributed by atoms with Gasteiger partial charge < -0.3 is 10.1 Å². The van der Waals surface area contributed by atoms with Crippen molar-refractivity contribution in [1.29, 1.82) is 0 Å². The van der Waals surface area contributed by atoms with Gasteiger partial charge in [-0.2, -0.15) is 0 Å². The first-order valence-electron chi connectivity index (χ1n) is 12.7. The third kappa shape index (κ3) is 5.96. The molecule has 198 valence electrons. The third-order valence-electron chi connectivity index (χ3n) is 6.41. The van der Waals surface area contributed by atoms with Gasteiger partial charge in [0.05, 0.1) is 46.1 Å². The minimum atomic E-state index is -3.28. The Bertz CT molecular complexity index is 1550. The number of fused-ring (bicyclic) bond motifs is 1. The molecule has 3 heterocycles. The standard InChI is InChI=1S/C28H30ClN5O3S/c1-3-15-38(35,36)22-9-7-21(8-10-22)31-28-23-11-6-20(27-24(29)5-4-12-30-27)16-25(23)32-26(33-28)18-34-13-14-37-19(2)17-34/h4-12,16,19H,3,13-15,17-18H2,1-2H3,(H,31,32,33). The molecule has 0 amide bonds. The Morgan fingerprint density at radius 3 is 2.68 bits per heavy atom. The van der Waals surface area contributed by atoms with Crippen LogP contribution >= 0.6 is 11.6 Å². The van der Waals surface area contributed by atoms with E-state index < -0.39 is 9.84 Å². The first-order valence-corrected chi connectivity index (χ1v) is 14.7. The van der Waals surface area contributed by atoms with Crippen molar-refractivity contribution in [3.05, 3.63) is 71.6 Å². The molecular weight excluding hydrogens is 522 g/mol. The molecule has 38 heavy (non-hydrogen) atoms. The molecule has 2 aromatic carbocycles. The van der Waals surface area contributed by atoms with Crippen LogP contribution in [0.4, 0.5) is 11.5 Å². The second-order valence-electron chi connectivity index (χ2n) is 9.44. The fourth-order valence-electron chi connectivity index (χ4n) is 4.59. The summed E-state index contributed by atoms with van der Waals surface area (Å²) in [6.07, 6.45) is 2.45. The lowest BCUT2D eigenvalue weighted by Crippen LogP contribution is -2.40. The molecule has 1 aliphatic heterocycles. The monoisotopic (exact) mass is 551 g/mol. The van der Waals surface area contributed by atoms with E-state index in [9.17, 15) is 8.42 Å². The van der Waals surface area contributed by atoms with E-state index in [-0.39, 0.29) is 11.9 Å². The Hall–Kier alpha value is -3.11. The molecule has 0 saturated carbocycles. The molecule has 1 unspecified atom stereocenters. The highest BCUT2D eigenvalue weighted by Gasteiger charge is 2.19. The van der Waals surface area contributed by atoms with Gasteiger partial charge in [0, 0.05) is 35.9 Å². The van der Waals surface area contributed by atoms with Crippen molar-refractivity contribution in [2.75, 3.05) is 30.8 Å². The average Bonchev–Trinajstić information content (AvgIpc) is 2.89. The summed E-state index contributed by atoms with van der Waals surface area (Å²) in [6.45, 7) is 6.80. The summed E-state index contributed by atoms with van der Waals surface area (Å²) in [5, 5.41) is 4.79. The van der Waals surface area contributed by atoms with Gasteiger partial charge in [0.2, 0.25) is 0 Å². The third-order valence-corrected chi connectivity index (χ3v) is 8.66. The van der Waals surface area contributed by atoms with Crippen LogP contribution in [0.25, 0.3) is 22.2 Å². The first kappa shape index (κ1) is 26.5. The van der Waals surface area contributed by atoms with Crippen LogP contribution in [-0.2, 0) is 21.1 Å². The largest absolute Gasteiger partial charge is 0.376 e. The van der Waals surface area contributed by atoms with Gasteiger partial charge in [-0.05, 0) is 61.9 Å². The number of nitrogens with zero attached hydrogens (tertiary/aromatic N) is 4. The summed E-state index contributed by atoms with van der Waals surface area (Å²) < 4.78 is 30.6. The quantitative estimate of drug-likeness (QED) is 0.307. The van der Waals surface area contributed by atoms with Gasteiger partial charge in [-0.3, -0.25) is 9.88 Å². The zero-order valence-corrected chi connectivity index (χ0v) is 23.0. The number of benzene rings is 2. The van der Waals surface area contributed by atoms with Gasteiger partial charge in [0.25, 0.3) is 0 Å². The normalized spacial score (nSPS) is 16.6. The zero-order chi connectivity index (χ0) is 26.7. The average molecular weight is 552 g/mol. The number of aromatic nitrogens is 3. The molecule has 0 radical (unpaired) electrons. The Morgan fingerprint density at radius 2 is 1.95 bits per heavy atom. The summed E-state index contributed by atoms with van der Waals surface area (Å²) >= 11 is 6.42. The Kier molecular flexibility index (Phi) is 7.90.